The Kier molecular flexibility index (Phi) is 3.62. The first-order valence-electron chi connectivity index (χ1n) is 3.86. The number of Topliss-reactive ketones (excluding diaryl/α,β-unsaturated/α-hetero) is 1. The Labute approximate surface area is 92.8 Å². The lowest BCUT2D eigenvalue weighted by molar-refractivity contribution is 0.0677. The molecule has 3 nitrogen and oxygen atoms in total. The number of phenols is 1. The van der Waals surface area contributed by atoms with Crippen molar-refractivity contribution in [3.05, 3.63) is 22.2 Å². The zero-order valence-corrected chi connectivity index (χ0v) is 9.22. The van der Waals surface area contributed by atoms with E-state index in [2.05, 4.69) is 15.9 Å². The number of hydrogen-bond donors (Lipinski definition) is 1. The van der Waals surface area contributed by atoms with Gasteiger partial charge in [0.05, 0.1) is 7.11 Å². The second kappa shape index (κ2) is 4.57. The van der Waals surface area contributed by atoms with Gasteiger partial charge in [-0.15, -0.1) is 0 Å². The number of rotatable bonds is 3. The number of benzene rings is 1. The second-order valence-corrected chi connectivity index (χ2v) is 3.52. The van der Waals surface area contributed by atoms with Crippen LogP contribution in [0.5, 0.6) is 11.5 Å². The van der Waals surface area contributed by atoms with Gasteiger partial charge >= 0.3 is 6.43 Å². The average molecular weight is 281 g/mol. The third kappa shape index (κ3) is 2.44. The lowest BCUT2D eigenvalue weighted by atomic mass is 10.1. The molecule has 15 heavy (non-hydrogen) atoms. The molecular weight excluding hydrogens is 274 g/mol. The summed E-state index contributed by atoms with van der Waals surface area (Å²) in [6.07, 6.45) is -3.09. The van der Waals surface area contributed by atoms with Gasteiger partial charge in [-0.25, -0.2) is 8.78 Å². The molecule has 82 valence electrons. The van der Waals surface area contributed by atoms with Crippen molar-refractivity contribution in [1.82, 2.24) is 0 Å². The molecule has 0 atom stereocenters. The highest BCUT2D eigenvalue weighted by molar-refractivity contribution is 9.10. The Morgan fingerprint density at radius 3 is 2.60 bits per heavy atom. The van der Waals surface area contributed by atoms with Crippen LogP contribution in [0.15, 0.2) is 16.6 Å². The molecule has 0 fully saturated rings. The number of ketones is 1. The van der Waals surface area contributed by atoms with Crippen molar-refractivity contribution in [1.29, 1.82) is 0 Å². The molecule has 0 aliphatic heterocycles. The van der Waals surface area contributed by atoms with Crippen LogP contribution in [-0.4, -0.2) is 24.4 Å². The standard InChI is InChI=1S/C9H7BrF2O3/c1-15-7-2-4(8(14)9(11)12)5(10)3-6(7)13/h2-3,9,13H,1H3. The first-order chi connectivity index (χ1) is 6.97. The van der Waals surface area contributed by atoms with Crippen LogP contribution in [0, 0.1) is 0 Å². The van der Waals surface area contributed by atoms with Crippen molar-refractivity contribution >= 4 is 21.7 Å². The number of methoxy groups -OCH3 is 1. The number of alkyl halides is 2. The molecule has 0 aliphatic carbocycles. The van der Waals surface area contributed by atoms with Gasteiger partial charge in [0, 0.05) is 10.0 Å². The molecule has 0 saturated carbocycles. The molecular formula is C9H7BrF2O3. The highest BCUT2D eigenvalue weighted by atomic mass is 79.9. The summed E-state index contributed by atoms with van der Waals surface area (Å²) in [6, 6.07) is 2.20. The summed E-state index contributed by atoms with van der Waals surface area (Å²) >= 11 is 2.91. The number of aromatic hydroxyl groups is 1. The van der Waals surface area contributed by atoms with E-state index in [-0.39, 0.29) is 21.5 Å². The topological polar surface area (TPSA) is 46.5 Å². The maximum atomic E-state index is 12.2. The van der Waals surface area contributed by atoms with Gasteiger partial charge in [-0.2, -0.15) is 0 Å². The van der Waals surface area contributed by atoms with Crippen molar-refractivity contribution in [2.75, 3.05) is 7.11 Å². The number of phenolic OH excluding ortho intramolecular Hbond substituents is 1. The Hall–Kier alpha value is -1.17. The monoisotopic (exact) mass is 280 g/mol. The van der Waals surface area contributed by atoms with Gasteiger partial charge in [0.1, 0.15) is 0 Å². The SMILES string of the molecule is COc1cc(C(=O)C(F)F)c(Br)cc1O. The Morgan fingerprint density at radius 1 is 1.53 bits per heavy atom. The maximum Gasteiger partial charge on any atom is 0.300 e. The Balaban J connectivity index is 3.24. The fraction of sp³-hybridized carbons (Fsp3) is 0.222. The molecule has 0 spiro atoms. The minimum absolute atomic E-state index is 0.0257. The number of hydrogen-bond acceptors (Lipinski definition) is 3. The van der Waals surface area contributed by atoms with E-state index in [1.54, 1.807) is 0 Å². The molecule has 6 heteroatoms. The van der Waals surface area contributed by atoms with E-state index in [0.717, 1.165) is 12.1 Å². The van der Waals surface area contributed by atoms with Crippen molar-refractivity contribution in [2.24, 2.45) is 0 Å². The van der Waals surface area contributed by atoms with Crippen LogP contribution in [0.3, 0.4) is 0 Å². The summed E-state index contributed by atoms with van der Waals surface area (Å²) < 4.78 is 29.1. The number of carbonyl (C=O) groups excluding carboxylic acids is 1. The minimum Gasteiger partial charge on any atom is -0.504 e. The molecule has 0 radical (unpaired) electrons. The summed E-state index contributed by atoms with van der Waals surface area (Å²) in [5, 5.41) is 9.28. The summed E-state index contributed by atoms with van der Waals surface area (Å²) in [7, 11) is 1.26. The molecule has 1 aromatic rings. The van der Waals surface area contributed by atoms with E-state index >= 15 is 0 Å². The molecule has 0 bridgehead atoms. The molecule has 0 aliphatic rings. The first kappa shape index (κ1) is 11.9. The fourth-order valence-electron chi connectivity index (χ4n) is 1.01. The van der Waals surface area contributed by atoms with E-state index in [4.69, 9.17) is 4.74 Å². The first-order valence-corrected chi connectivity index (χ1v) is 4.65. The van der Waals surface area contributed by atoms with Gasteiger partial charge in [0.25, 0.3) is 0 Å². The van der Waals surface area contributed by atoms with Gasteiger partial charge in [-0.1, -0.05) is 0 Å². The predicted octanol–water partition coefficient (Wildman–Crippen LogP) is 2.61. The van der Waals surface area contributed by atoms with Gasteiger partial charge in [-0.3, -0.25) is 4.79 Å². The van der Waals surface area contributed by atoms with E-state index in [1.165, 1.54) is 7.11 Å². The van der Waals surface area contributed by atoms with E-state index in [1.807, 2.05) is 0 Å². The smallest absolute Gasteiger partial charge is 0.300 e. The van der Waals surface area contributed by atoms with Crippen LogP contribution in [-0.2, 0) is 0 Å². The molecule has 0 saturated heterocycles. The summed E-state index contributed by atoms with van der Waals surface area (Å²) in [6.45, 7) is 0. The average Bonchev–Trinajstić information content (AvgIpc) is 2.17. The van der Waals surface area contributed by atoms with Gasteiger partial charge in [0.2, 0.25) is 5.78 Å². The van der Waals surface area contributed by atoms with Crippen molar-refractivity contribution in [3.8, 4) is 11.5 Å². The minimum atomic E-state index is -3.09. The van der Waals surface area contributed by atoms with E-state index < -0.39 is 12.2 Å². The zero-order valence-electron chi connectivity index (χ0n) is 7.63. The Morgan fingerprint density at radius 2 is 2.13 bits per heavy atom. The largest absolute Gasteiger partial charge is 0.504 e. The third-order valence-electron chi connectivity index (χ3n) is 1.73. The molecule has 0 unspecified atom stereocenters. The third-order valence-corrected chi connectivity index (χ3v) is 2.39. The van der Waals surface area contributed by atoms with E-state index in [0.29, 0.717) is 0 Å². The lowest BCUT2D eigenvalue weighted by Crippen LogP contribution is -2.11. The molecule has 1 N–H and O–H groups in total. The van der Waals surface area contributed by atoms with Gasteiger partial charge < -0.3 is 9.84 Å². The lowest BCUT2D eigenvalue weighted by Gasteiger charge is -2.07. The fourth-order valence-corrected chi connectivity index (χ4v) is 1.54. The molecule has 1 rings (SSSR count). The van der Waals surface area contributed by atoms with Crippen molar-refractivity contribution in [2.45, 2.75) is 6.43 Å². The highest BCUT2D eigenvalue weighted by Crippen LogP contribution is 2.33. The Bertz CT molecular complexity index is 393. The summed E-state index contributed by atoms with van der Waals surface area (Å²) in [5.74, 6) is -1.57. The molecule has 1 aromatic carbocycles. The van der Waals surface area contributed by atoms with Crippen LogP contribution in [0.2, 0.25) is 0 Å². The van der Waals surface area contributed by atoms with Crippen LogP contribution < -0.4 is 4.74 Å². The van der Waals surface area contributed by atoms with E-state index in [9.17, 15) is 18.7 Å². The van der Waals surface area contributed by atoms with Crippen LogP contribution >= 0.6 is 15.9 Å². The summed E-state index contributed by atoms with van der Waals surface area (Å²) in [4.78, 5) is 11.0. The van der Waals surface area contributed by atoms with Gasteiger partial charge in [-0.05, 0) is 28.1 Å². The normalized spacial score (nSPS) is 10.5. The summed E-state index contributed by atoms with van der Waals surface area (Å²) in [5.41, 5.74) is -0.223. The molecule has 0 aromatic heterocycles. The molecule has 0 amide bonds. The quantitative estimate of drug-likeness (QED) is 0.866. The van der Waals surface area contributed by atoms with Crippen molar-refractivity contribution in [3.63, 3.8) is 0 Å². The maximum absolute atomic E-state index is 12.2. The number of ether oxygens (including phenoxy) is 1. The molecule has 0 heterocycles. The van der Waals surface area contributed by atoms with Crippen LogP contribution in [0.4, 0.5) is 8.78 Å². The van der Waals surface area contributed by atoms with Crippen LogP contribution in [0.1, 0.15) is 10.4 Å². The van der Waals surface area contributed by atoms with Crippen LogP contribution in [0.25, 0.3) is 0 Å². The highest BCUT2D eigenvalue weighted by Gasteiger charge is 2.22. The second-order valence-electron chi connectivity index (χ2n) is 2.67. The predicted molar refractivity (Wildman–Crippen MR) is 52.7 cm³/mol. The number of halogens is 3. The van der Waals surface area contributed by atoms with Gasteiger partial charge in [0.15, 0.2) is 11.5 Å². The number of carbonyl (C=O) groups is 1. The van der Waals surface area contributed by atoms with Crippen molar-refractivity contribution < 1.29 is 23.4 Å². The zero-order chi connectivity index (χ0) is 11.6.